The predicted molar refractivity (Wildman–Crippen MR) is 62.8 cm³/mol. The van der Waals surface area contributed by atoms with Crippen molar-refractivity contribution in [1.29, 1.82) is 0 Å². The van der Waals surface area contributed by atoms with Gasteiger partial charge < -0.3 is 9.67 Å². The van der Waals surface area contributed by atoms with Gasteiger partial charge in [-0.2, -0.15) is 0 Å². The molecule has 1 aromatic heterocycles. The molecule has 0 radical (unpaired) electrons. The summed E-state index contributed by atoms with van der Waals surface area (Å²) in [6.45, 7) is 6.18. The maximum absolute atomic E-state index is 10.5. The molecule has 0 fully saturated rings. The fraction of sp³-hybridized carbons (Fsp3) is 0.700. The number of carboxylic acids is 1. The zero-order valence-electron chi connectivity index (χ0n) is 9.80. The van der Waals surface area contributed by atoms with E-state index in [0.717, 1.165) is 18.7 Å². The van der Waals surface area contributed by atoms with Crippen LogP contribution in [0.15, 0.2) is 5.16 Å². The minimum atomic E-state index is -0.833. The molecule has 1 N–H and O–H groups in total. The predicted octanol–water partition coefficient (Wildman–Crippen LogP) is 1.99. The van der Waals surface area contributed by atoms with Gasteiger partial charge in [-0.15, -0.1) is 10.2 Å². The Kier molecular flexibility index (Phi) is 4.79. The van der Waals surface area contributed by atoms with Gasteiger partial charge in [0.1, 0.15) is 5.82 Å². The second kappa shape index (κ2) is 5.89. The summed E-state index contributed by atoms with van der Waals surface area (Å²) in [5, 5.41) is 17.5. The molecule has 16 heavy (non-hydrogen) atoms. The third kappa shape index (κ3) is 3.23. The van der Waals surface area contributed by atoms with E-state index in [1.807, 2.05) is 18.4 Å². The van der Waals surface area contributed by atoms with Crippen LogP contribution in [0.4, 0.5) is 0 Å². The molecule has 1 heterocycles. The Labute approximate surface area is 99.3 Å². The summed E-state index contributed by atoms with van der Waals surface area (Å²) >= 11 is 1.22. The Balaban J connectivity index is 2.86. The van der Waals surface area contributed by atoms with E-state index in [2.05, 4.69) is 17.1 Å². The normalized spacial score (nSPS) is 11.0. The van der Waals surface area contributed by atoms with Crippen molar-refractivity contribution in [3.8, 4) is 0 Å². The van der Waals surface area contributed by atoms with Crippen molar-refractivity contribution in [2.75, 3.05) is 5.75 Å². The molecule has 0 aliphatic heterocycles. The lowest BCUT2D eigenvalue weighted by Gasteiger charge is -2.12. The van der Waals surface area contributed by atoms with Crippen LogP contribution in [0.1, 0.15) is 39.1 Å². The van der Waals surface area contributed by atoms with Crippen molar-refractivity contribution >= 4 is 17.7 Å². The number of carbonyl (C=O) groups is 1. The first-order chi connectivity index (χ1) is 7.56. The Bertz CT molecular complexity index is 363. The first-order valence-corrected chi connectivity index (χ1v) is 6.33. The van der Waals surface area contributed by atoms with E-state index in [1.54, 1.807) is 0 Å². The quantitative estimate of drug-likeness (QED) is 0.774. The minimum absolute atomic E-state index is 0.0248. The number of aryl methyl sites for hydroxylation is 1. The molecule has 5 nitrogen and oxygen atoms in total. The monoisotopic (exact) mass is 243 g/mol. The first kappa shape index (κ1) is 13.0. The van der Waals surface area contributed by atoms with Gasteiger partial charge in [-0.05, 0) is 20.3 Å². The smallest absolute Gasteiger partial charge is 0.313 e. The average Bonchev–Trinajstić information content (AvgIpc) is 2.58. The third-order valence-electron chi connectivity index (χ3n) is 2.05. The Hall–Kier alpha value is -1.04. The third-order valence-corrected chi connectivity index (χ3v) is 2.98. The highest BCUT2D eigenvalue weighted by molar-refractivity contribution is 7.99. The van der Waals surface area contributed by atoms with Crippen molar-refractivity contribution in [1.82, 2.24) is 14.8 Å². The van der Waals surface area contributed by atoms with Crippen LogP contribution in [0.25, 0.3) is 0 Å². The molecule has 6 heteroatoms. The van der Waals surface area contributed by atoms with Crippen molar-refractivity contribution in [2.24, 2.45) is 0 Å². The number of nitrogens with zero attached hydrogens (tertiary/aromatic N) is 3. The Morgan fingerprint density at radius 3 is 2.69 bits per heavy atom. The second-order valence-electron chi connectivity index (χ2n) is 3.79. The highest BCUT2D eigenvalue weighted by atomic mass is 32.2. The molecule has 0 amide bonds. The topological polar surface area (TPSA) is 68.0 Å². The molecule has 0 spiro atoms. The SMILES string of the molecule is CCCc1nnc(SCC(=O)O)n1C(C)C. The molecule has 0 unspecified atom stereocenters. The van der Waals surface area contributed by atoms with E-state index < -0.39 is 5.97 Å². The highest BCUT2D eigenvalue weighted by Gasteiger charge is 2.15. The van der Waals surface area contributed by atoms with Gasteiger partial charge in [0, 0.05) is 12.5 Å². The van der Waals surface area contributed by atoms with Crippen LogP contribution in [-0.4, -0.2) is 31.6 Å². The molecule has 0 aromatic carbocycles. The molecule has 0 bridgehead atoms. The molecular formula is C10H17N3O2S. The minimum Gasteiger partial charge on any atom is -0.481 e. The summed E-state index contributed by atoms with van der Waals surface area (Å²) in [5.41, 5.74) is 0. The molecular weight excluding hydrogens is 226 g/mol. The molecule has 1 aromatic rings. The van der Waals surface area contributed by atoms with Crippen LogP contribution < -0.4 is 0 Å². The van der Waals surface area contributed by atoms with Crippen molar-refractivity contribution in [3.05, 3.63) is 5.82 Å². The summed E-state index contributed by atoms with van der Waals surface area (Å²) in [4.78, 5) is 10.5. The number of thioether (sulfide) groups is 1. The maximum atomic E-state index is 10.5. The second-order valence-corrected chi connectivity index (χ2v) is 4.74. The Morgan fingerprint density at radius 2 is 2.19 bits per heavy atom. The molecule has 0 atom stereocenters. The fourth-order valence-corrected chi connectivity index (χ4v) is 2.25. The summed E-state index contributed by atoms with van der Waals surface area (Å²) < 4.78 is 2.01. The maximum Gasteiger partial charge on any atom is 0.313 e. The van der Waals surface area contributed by atoms with Gasteiger partial charge in [0.05, 0.1) is 5.75 Å². The lowest BCUT2D eigenvalue weighted by atomic mass is 10.3. The molecule has 0 aliphatic rings. The van der Waals surface area contributed by atoms with E-state index in [1.165, 1.54) is 11.8 Å². The fourth-order valence-electron chi connectivity index (χ4n) is 1.44. The van der Waals surface area contributed by atoms with Gasteiger partial charge in [-0.1, -0.05) is 18.7 Å². The van der Waals surface area contributed by atoms with Crippen LogP contribution in [0.5, 0.6) is 0 Å². The van der Waals surface area contributed by atoms with Gasteiger partial charge >= 0.3 is 5.97 Å². The zero-order chi connectivity index (χ0) is 12.1. The van der Waals surface area contributed by atoms with E-state index in [0.29, 0.717) is 5.16 Å². The van der Waals surface area contributed by atoms with Gasteiger partial charge in [0.2, 0.25) is 0 Å². The summed E-state index contributed by atoms with van der Waals surface area (Å²) in [7, 11) is 0. The molecule has 0 saturated heterocycles. The van der Waals surface area contributed by atoms with Gasteiger partial charge in [-0.3, -0.25) is 4.79 Å². The van der Waals surface area contributed by atoms with Gasteiger partial charge in [-0.25, -0.2) is 0 Å². The summed E-state index contributed by atoms with van der Waals surface area (Å²) in [5.74, 6) is 0.127. The van der Waals surface area contributed by atoms with E-state index in [-0.39, 0.29) is 11.8 Å². The molecule has 0 aliphatic carbocycles. The Morgan fingerprint density at radius 1 is 1.50 bits per heavy atom. The van der Waals surface area contributed by atoms with E-state index in [4.69, 9.17) is 5.11 Å². The average molecular weight is 243 g/mol. The molecule has 1 rings (SSSR count). The number of aromatic nitrogens is 3. The van der Waals surface area contributed by atoms with Crippen molar-refractivity contribution < 1.29 is 9.90 Å². The number of carboxylic acid groups (broad SMARTS) is 1. The lowest BCUT2D eigenvalue weighted by molar-refractivity contribution is -0.133. The van der Waals surface area contributed by atoms with E-state index >= 15 is 0 Å². The van der Waals surface area contributed by atoms with Crippen LogP contribution in [-0.2, 0) is 11.2 Å². The highest BCUT2D eigenvalue weighted by Crippen LogP contribution is 2.21. The summed E-state index contributed by atoms with van der Waals surface area (Å²) in [6, 6.07) is 0.257. The van der Waals surface area contributed by atoms with Gasteiger partial charge in [0.15, 0.2) is 5.16 Å². The first-order valence-electron chi connectivity index (χ1n) is 5.34. The van der Waals surface area contributed by atoms with Gasteiger partial charge in [0.25, 0.3) is 0 Å². The number of aliphatic carboxylic acids is 1. The van der Waals surface area contributed by atoms with Crippen molar-refractivity contribution in [2.45, 2.75) is 44.8 Å². The summed E-state index contributed by atoms with van der Waals surface area (Å²) in [6.07, 6.45) is 1.88. The van der Waals surface area contributed by atoms with E-state index in [9.17, 15) is 4.79 Å². The van der Waals surface area contributed by atoms with Crippen LogP contribution in [0, 0.1) is 0 Å². The molecule has 0 saturated carbocycles. The lowest BCUT2D eigenvalue weighted by Crippen LogP contribution is -2.09. The van der Waals surface area contributed by atoms with Crippen LogP contribution in [0.3, 0.4) is 0 Å². The standard InChI is InChI=1S/C10H17N3O2S/c1-4-5-8-11-12-10(13(8)7(2)3)16-6-9(14)15/h7H,4-6H2,1-3H3,(H,14,15). The van der Waals surface area contributed by atoms with Crippen molar-refractivity contribution in [3.63, 3.8) is 0 Å². The van der Waals surface area contributed by atoms with Crippen LogP contribution in [0.2, 0.25) is 0 Å². The number of hydrogen-bond acceptors (Lipinski definition) is 4. The largest absolute Gasteiger partial charge is 0.481 e. The van der Waals surface area contributed by atoms with Crippen LogP contribution >= 0.6 is 11.8 Å². The number of rotatable bonds is 6. The molecule has 90 valence electrons. The number of hydrogen-bond donors (Lipinski definition) is 1. The zero-order valence-corrected chi connectivity index (χ0v) is 10.6.